The molecule has 0 aliphatic carbocycles. The predicted molar refractivity (Wildman–Crippen MR) is 114 cm³/mol. The van der Waals surface area contributed by atoms with Crippen LogP contribution in [-0.2, 0) is 13.1 Å². The van der Waals surface area contributed by atoms with Gasteiger partial charge >= 0.3 is 0 Å². The molecule has 1 unspecified atom stereocenters. The van der Waals surface area contributed by atoms with E-state index in [1.54, 1.807) is 13.0 Å². The van der Waals surface area contributed by atoms with Gasteiger partial charge in [-0.2, -0.15) is 0 Å². The van der Waals surface area contributed by atoms with Gasteiger partial charge in [0.25, 0.3) is 11.6 Å². The molecule has 2 aromatic rings. The molecule has 0 spiro atoms. The zero-order chi connectivity index (χ0) is 21.0. The third-order valence-electron chi connectivity index (χ3n) is 5.62. The third-order valence-corrected chi connectivity index (χ3v) is 5.62. The van der Waals surface area contributed by atoms with Gasteiger partial charge in [0.05, 0.1) is 10.5 Å². The molecule has 0 radical (unpaired) electrons. The van der Waals surface area contributed by atoms with Crippen molar-refractivity contribution in [3.05, 3.63) is 68.8 Å². The number of rotatable bonds is 6. The molecular formula is C22H28N4O3. The number of carbonyl (C=O) groups excluding carboxylic acids is 1. The first-order chi connectivity index (χ1) is 13.9. The molecule has 1 aliphatic rings. The van der Waals surface area contributed by atoms with E-state index in [2.05, 4.69) is 23.2 Å². The molecule has 1 atom stereocenters. The van der Waals surface area contributed by atoms with Gasteiger partial charge in [-0.25, -0.2) is 0 Å². The SMILES string of the molecule is Cc1cc(C(=O)NCc2ccccc2CN2CCCCC2C)c(N)c([N+](=O)[O-])c1. The van der Waals surface area contributed by atoms with Gasteiger partial charge < -0.3 is 11.1 Å². The number of hydrogen-bond donors (Lipinski definition) is 2. The van der Waals surface area contributed by atoms with E-state index in [1.807, 2.05) is 18.2 Å². The summed E-state index contributed by atoms with van der Waals surface area (Å²) in [5.41, 5.74) is 8.52. The molecule has 3 rings (SSSR count). The van der Waals surface area contributed by atoms with Crippen LogP contribution < -0.4 is 11.1 Å². The first-order valence-corrected chi connectivity index (χ1v) is 10.0. The molecule has 3 N–H and O–H groups in total. The second kappa shape index (κ2) is 9.05. The summed E-state index contributed by atoms with van der Waals surface area (Å²) in [5.74, 6) is -0.407. The Morgan fingerprint density at radius 2 is 2.00 bits per heavy atom. The smallest absolute Gasteiger partial charge is 0.293 e. The monoisotopic (exact) mass is 396 g/mol. The van der Waals surface area contributed by atoms with Crippen LogP contribution in [0, 0.1) is 17.0 Å². The summed E-state index contributed by atoms with van der Waals surface area (Å²) in [6.07, 6.45) is 3.71. The number of likely N-dealkylation sites (tertiary alicyclic amines) is 1. The van der Waals surface area contributed by atoms with Crippen LogP contribution in [0.1, 0.15) is 53.2 Å². The maximum atomic E-state index is 12.7. The fourth-order valence-electron chi connectivity index (χ4n) is 3.88. The quantitative estimate of drug-likeness (QED) is 0.439. The van der Waals surface area contributed by atoms with Crippen LogP contribution in [0.2, 0.25) is 0 Å². The molecule has 29 heavy (non-hydrogen) atoms. The highest BCUT2D eigenvalue weighted by Gasteiger charge is 2.22. The largest absolute Gasteiger partial charge is 0.393 e. The van der Waals surface area contributed by atoms with Crippen molar-refractivity contribution in [1.29, 1.82) is 0 Å². The van der Waals surface area contributed by atoms with Crippen molar-refractivity contribution in [3.8, 4) is 0 Å². The van der Waals surface area contributed by atoms with Crippen molar-refractivity contribution < 1.29 is 9.72 Å². The van der Waals surface area contributed by atoms with Crippen molar-refractivity contribution in [1.82, 2.24) is 10.2 Å². The van der Waals surface area contributed by atoms with E-state index in [0.29, 0.717) is 18.2 Å². The van der Waals surface area contributed by atoms with Crippen molar-refractivity contribution in [2.45, 2.75) is 52.2 Å². The summed E-state index contributed by atoms with van der Waals surface area (Å²) in [5, 5.41) is 14.1. The summed E-state index contributed by atoms with van der Waals surface area (Å²) in [6, 6.07) is 11.6. The molecule has 0 saturated carbocycles. The lowest BCUT2D eigenvalue weighted by Crippen LogP contribution is -2.37. The van der Waals surface area contributed by atoms with E-state index < -0.39 is 10.8 Å². The predicted octanol–water partition coefficient (Wildman–Crippen LogP) is 3.79. The molecule has 154 valence electrons. The minimum Gasteiger partial charge on any atom is -0.393 e. The number of benzene rings is 2. The Morgan fingerprint density at radius 1 is 1.28 bits per heavy atom. The highest BCUT2D eigenvalue weighted by atomic mass is 16.6. The fraction of sp³-hybridized carbons (Fsp3) is 0.409. The molecule has 1 saturated heterocycles. The molecular weight excluding hydrogens is 368 g/mol. The number of nitrogen functional groups attached to an aromatic ring is 1. The Hall–Kier alpha value is -2.93. The van der Waals surface area contributed by atoms with Crippen LogP contribution in [0.25, 0.3) is 0 Å². The van der Waals surface area contributed by atoms with Gasteiger partial charge in [0.1, 0.15) is 5.69 Å². The van der Waals surface area contributed by atoms with Crippen LogP contribution in [0.3, 0.4) is 0 Å². The summed E-state index contributed by atoms with van der Waals surface area (Å²) >= 11 is 0. The minimum atomic E-state index is -0.561. The summed E-state index contributed by atoms with van der Waals surface area (Å²) in [6.45, 7) is 6.25. The second-order valence-electron chi connectivity index (χ2n) is 7.77. The van der Waals surface area contributed by atoms with Crippen molar-refractivity contribution in [2.75, 3.05) is 12.3 Å². The van der Waals surface area contributed by atoms with Gasteiger partial charge in [0.15, 0.2) is 0 Å². The van der Waals surface area contributed by atoms with E-state index in [1.165, 1.54) is 30.9 Å². The molecule has 2 aromatic carbocycles. The van der Waals surface area contributed by atoms with Gasteiger partial charge in [-0.1, -0.05) is 30.7 Å². The highest BCUT2D eigenvalue weighted by molar-refractivity contribution is 6.01. The Bertz CT molecular complexity index is 913. The Kier molecular flexibility index (Phi) is 6.49. The zero-order valence-electron chi connectivity index (χ0n) is 17.0. The van der Waals surface area contributed by atoms with Crippen molar-refractivity contribution in [2.24, 2.45) is 0 Å². The molecule has 1 fully saturated rings. The van der Waals surface area contributed by atoms with E-state index in [4.69, 9.17) is 5.73 Å². The normalized spacial score (nSPS) is 17.1. The molecule has 0 aromatic heterocycles. The molecule has 1 heterocycles. The summed E-state index contributed by atoms with van der Waals surface area (Å²) < 4.78 is 0. The van der Waals surface area contributed by atoms with Crippen LogP contribution in [0.15, 0.2) is 36.4 Å². The number of hydrogen-bond acceptors (Lipinski definition) is 5. The molecule has 1 aliphatic heterocycles. The second-order valence-corrected chi connectivity index (χ2v) is 7.77. The van der Waals surface area contributed by atoms with Crippen LogP contribution >= 0.6 is 0 Å². The molecule has 7 nitrogen and oxygen atoms in total. The van der Waals surface area contributed by atoms with Gasteiger partial charge in [-0.15, -0.1) is 0 Å². The van der Waals surface area contributed by atoms with Crippen LogP contribution in [-0.4, -0.2) is 28.3 Å². The number of nitrogens with one attached hydrogen (secondary N) is 1. The average molecular weight is 396 g/mol. The van der Waals surface area contributed by atoms with Crippen molar-refractivity contribution in [3.63, 3.8) is 0 Å². The van der Waals surface area contributed by atoms with Gasteiger partial charge in [-0.3, -0.25) is 19.8 Å². The maximum absolute atomic E-state index is 12.7. The number of nitrogens with two attached hydrogens (primary N) is 1. The number of carbonyl (C=O) groups is 1. The number of piperidine rings is 1. The lowest BCUT2D eigenvalue weighted by molar-refractivity contribution is -0.384. The Morgan fingerprint density at radius 3 is 2.69 bits per heavy atom. The number of anilines is 1. The Labute approximate surface area is 171 Å². The number of nitrogens with zero attached hydrogens (tertiary/aromatic N) is 2. The number of nitro benzene ring substituents is 1. The van der Waals surface area contributed by atoms with Crippen molar-refractivity contribution >= 4 is 17.3 Å². The summed E-state index contributed by atoms with van der Waals surface area (Å²) in [7, 11) is 0. The molecule has 7 heteroatoms. The highest BCUT2D eigenvalue weighted by Crippen LogP contribution is 2.27. The lowest BCUT2D eigenvalue weighted by Gasteiger charge is -2.33. The first kappa shape index (κ1) is 20.8. The fourth-order valence-corrected chi connectivity index (χ4v) is 3.88. The summed E-state index contributed by atoms with van der Waals surface area (Å²) in [4.78, 5) is 25.8. The topological polar surface area (TPSA) is 102 Å². The van der Waals surface area contributed by atoms with Crippen LogP contribution in [0.4, 0.5) is 11.4 Å². The number of aryl methyl sites for hydroxylation is 1. The lowest BCUT2D eigenvalue weighted by atomic mass is 10.0. The molecule has 0 bridgehead atoms. The molecule has 1 amide bonds. The van der Waals surface area contributed by atoms with E-state index in [9.17, 15) is 14.9 Å². The average Bonchev–Trinajstić information content (AvgIpc) is 2.70. The number of nitro groups is 1. The number of amides is 1. The van der Waals surface area contributed by atoms with Gasteiger partial charge in [-0.05, 0) is 56.0 Å². The minimum absolute atomic E-state index is 0.103. The van der Waals surface area contributed by atoms with Gasteiger partial charge in [0.2, 0.25) is 0 Å². The third kappa shape index (κ3) is 4.92. The Balaban J connectivity index is 1.74. The first-order valence-electron chi connectivity index (χ1n) is 10.0. The zero-order valence-corrected chi connectivity index (χ0v) is 17.0. The van der Waals surface area contributed by atoms with Gasteiger partial charge in [0, 0.05) is 25.2 Å². The maximum Gasteiger partial charge on any atom is 0.293 e. The van der Waals surface area contributed by atoms with E-state index in [0.717, 1.165) is 18.7 Å². The standard InChI is InChI=1S/C22H28N4O3/c1-15-11-19(21(23)20(12-15)26(28)29)22(27)24-13-17-8-3-4-9-18(17)14-25-10-6-5-7-16(25)2/h3-4,8-9,11-12,16H,5-7,10,13-14,23H2,1-2H3,(H,24,27). The van der Waals surface area contributed by atoms with E-state index in [-0.39, 0.29) is 16.9 Å². The van der Waals surface area contributed by atoms with E-state index >= 15 is 0 Å². The van der Waals surface area contributed by atoms with Crippen LogP contribution in [0.5, 0.6) is 0 Å².